The van der Waals surface area contributed by atoms with Crippen molar-refractivity contribution >= 4 is 17.7 Å². The Hall–Kier alpha value is -2.16. The van der Waals surface area contributed by atoms with Gasteiger partial charge in [-0.3, -0.25) is 9.69 Å². The van der Waals surface area contributed by atoms with E-state index in [9.17, 15) is 19.8 Å². The summed E-state index contributed by atoms with van der Waals surface area (Å²) >= 11 is 0. The summed E-state index contributed by atoms with van der Waals surface area (Å²) in [7, 11) is 0. The Morgan fingerprint density at radius 3 is 2.43 bits per heavy atom. The third-order valence-corrected chi connectivity index (χ3v) is 2.93. The van der Waals surface area contributed by atoms with Gasteiger partial charge in [-0.15, -0.1) is 0 Å². The number of aliphatic hydroxyl groups excluding tert-OH is 2. The van der Waals surface area contributed by atoms with E-state index in [1.54, 1.807) is 37.3 Å². The van der Waals surface area contributed by atoms with Crippen molar-refractivity contribution in [3.63, 3.8) is 0 Å². The van der Waals surface area contributed by atoms with E-state index in [-0.39, 0.29) is 19.6 Å². The van der Waals surface area contributed by atoms with Crippen molar-refractivity contribution in [1.82, 2.24) is 0 Å². The first-order valence-electron chi connectivity index (χ1n) is 7.15. The Kier molecular flexibility index (Phi) is 8.03. The highest BCUT2D eigenvalue weighted by molar-refractivity contribution is 5.85. The number of para-hydroxylation sites is 1. The lowest BCUT2D eigenvalue weighted by Crippen LogP contribution is -2.39. The lowest BCUT2D eigenvalue weighted by atomic mass is 10.3. The first-order valence-corrected chi connectivity index (χ1v) is 7.15. The van der Waals surface area contributed by atoms with Crippen LogP contribution in [0.1, 0.15) is 13.3 Å². The molecular formula is C15H21NO7. The smallest absolute Gasteiger partial charge is 0.411 e. The Morgan fingerprint density at radius 2 is 1.91 bits per heavy atom. The van der Waals surface area contributed by atoms with Crippen molar-refractivity contribution in [2.45, 2.75) is 25.7 Å². The number of aliphatic hydroxyl groups is 2. The number of carbonyl (C=O) groups is 2. The average Bonchev–Trinajstić information content (AvgIpc) is 2.57. The minimum absolute atomic E-state index is 0.0301. The molecule has 8 nitrogen and oxygen atoms in total. The van der Waals surface area contributed by atoms with E-state index in [1.165, 1.54) is 0 Å². The normalized spacial score (nSPS) is 13.2. The molecule has 0 saturated heterocycles. The zero-order chi connectivity index (χ0) is 17.2. The number of nitrogens with zero attached hydrogens (tertiary/aromatic N) is 1. The standard InChI is InChI=1S/C15H21NO7/c1-2-13(19)23-14(12(18)10-17)22-9-8-16(15(20)21)11-6-4-3-5-7-11/h3-7,12,14,17-18H,2,8-10H2,1H3,(H,20,21). The summed E-state index contributed by atoms with van der Waals surface area (Å²) in [4.78, 5) is 23.6. The van der Waals surface area contributed by atoms with Crippen LogP contribution in [-0.2, 0) is 14.3 Å². The van der Waals surface area contributed by atoms with Crippen molar-refractivity contribution in [2.75, 3.05) is 24.7 Å². The minimum atomic E-state index is -1.40. The van der Waals surface area contributed by atoms with Crippen LogP contribution >= 0.6 is 0 Å². The van der Waals surface area contributed by atoms with Gasteiger partial charge < -0.3 is 24.8 Å². The fourth-order valence-electron chi connectivity index (χ4n) is 1.73. The summed E-state index contributed by atoms with van der Waals surface area (Å²) < 4.78 is 10.1. The predicted molar refractivity (Wildman–Crippen MR) is 81.0 cm³/mol. The van der Waals surface area contributed by atoms with E-state index >= 15 is 0 Å². The van der Waals surface area contributed by atoms with Gasteiger partial charge in [-0.25, -0.2) is 4.79 Å². The Bertz CT molecular complexity index is 494. The molecule has 1 aromatic carbocycles. The highest BCUT2D eigenvalue weighted by atomic mass is 16.7. The van der Waals surface area contributed by atoms with Crippen LogP contribution in [0.4, 0.5) is 10.5 Å². The Morgan fingerprint density at radius 1 is 1.26 bits per heavy atom. The van der Waals surface area contributed by atoms with Crippen molar-refractivity contribution in [3.05, 3.63) is 30.3 Å². The highest BCUT2D eigenvalue weighted by Crippen LogP contribution is 2.13. The number of carbonyl (C=O) groups excluding carboxylic acids is 1. The van der Waals surface area contributed by atoms with E-state index in [4.69, 9.17) is 14.6 Å². The topological polar surface area (TPSA) is 117 Å². The van der Waals surface area contributed by atoms with Gasteiger partial charge in [0.15, 0.2) is 0 Å². The molecular weight excluding hydrogens is 306 g/mol. The molecule has 1 rings (SSSR count). The Labute approximate surface area is 133 Å². The van der Waals surface area contributed by atoms with Gasteiger partial charge in [0.2, 0.25) is 6.29 Å². The zero-order valence-electron chi connectivity index (χ0n) is 12.8. The third-order valence-electron chi connectivity index (χ3n) is 2.93. The maximum absolute atomic E-state index is 11.3. The zero-order valence-corrected chi connectivity index (χ0v) is 12.8. The Balaban J connectivity index is 2.62. The van der Waals surface area contributed by atoms with Gasteiger partial charge in [0.05, 0.1) is 19.8 Å². The van der Waals surface area contributed by atoms with Gasteiger partial charge in [-0.2, -0.15) is 0 Å². The fraction of sp³-hybridized carbons (Fsp3) is 0.467. The van der Waals surface area contributed by atoms with Crippen molar-refractivity contribution in [2.24, 2.45) is 0 Å². The number of hydrogen-bond donors (Lipinski definition) is 3. The highest BCUT2D eigenvalue weighted by Gasteiger charge is 2.24. The summed E-state index contributed by atoms with van der Waals surface area (Å²) in [6.07, 6.45) is -3.83. The first kappa shape index (κ1) is 18.9. The predicted octanol–water partition coefficient (Wildman–Crippen LogP) is 0.820. The summed E-state index contributed by atoms with van der Waals surface area (Å²) in [5, 5.41) is 27.7. The lowest BCUT2D eigenvalue weighted by molar-refractivity contribution is -0.206. The molecule has 2 unspecified atom stereocenters. The average molecular weight is 327 g/mol. The number of rotatable bonds is 9. The second kappa shape index (κ2) is 9.78. The summed E-state index contributed by atoms with van der Waals surface area (Å²) in [6, 6.07) is 8.43. The molecule has 2 atom stereocenters. The van der Waals surface area contributed by atoms with E-state index in [1.807, 2.05) is 0 Å². The molecule has 0 aliphatic carbocycles. The van der Waals surface area contributed by atoms with E-state index in [0.717, 1.165) is 4.90 Å². The van der Waals surface area contributed by atoms with Gasteiger partial charge in [0.1, 0.15) is 6.10 Å². The van der Waals surface area contributed by atoms with Gasteiger partial charge in [-0.1, -0.05) is 25.1 Å². The molecule has 0 aliphatic heterocycles. The molecule has 8 heteroatoms. The van der Waals surface area contributed by atoms with Crippen LogP contribution in [-0.4, -0.2) is 59.5 Å². The lowest BCUT2D eigenvalue weighted by Gasteiger charge is -2.24. The number of benzene rings is 1. The van der Waals surface area contributed by atoms with Crippen LogP contribution in [0.3, 0.4) is 0 Å². The van der Waals surface area contributed by atoms with Crippen LogP contribution in [0, 0.1) is 0 Å². The molecule has 128 valence electrons. The fourth-order valence-corrected chi connectivity index (χ4v) is 1.73. The second-order valence-corrected chi connectivity index (χ2v) is 4.60. The van der Waals surface area contributed by atoms with Gasteiger partial charge in [0, 0.05) is 12.1 Å². The maximum atomic E-state index is 11.3. The SMILES string of the molecule is CCC(=O)OC(OCCN(C(=O)O)c1ccccc1)C(O)CO. The van der Waals surface area contributed by atoms with Crippen LogP contribution in [0.25, 0.3) is 0 Å². The molecule has 0 aromatic heterocycles. The molecule has 1 aromatic rings. The molecule has 0 radical (unpaired) electrons. The molecule has 0 spiro atoms. The summed E-state index contributed by atoms with van der Waals surface area (Å²) in [6.45, 7) is 0.771. The van der Waals surface area contributed by atoms with Crippen LogP contribution in [0.5, 0.6) is 0 Å². The number of carboxylic acid groups (broad SMARTS) is 1. The summed E-state index contributed by atoms with van der Waals surface area (Å²) in [5.74, 6) is -0.597. The molecule has 0 heterocycles. The van der Waals surface area contributed by atoms with Gasteiger partial charge in [0.25, 0.3) is 0 Å². The molecule has 23 heavy (non-hydrogen) atoms. The van der Waals surface area contributed by atoms with Crippen molar-refractivity contribution < 1.29 is 34.4 Å². The molecule has 0 aliphatic rings. The second-order valence-electron chi connectivity index (χ2n) is 4.60. The van der Waals surface area contributed by atoms with Gasteiger partial charge in [-0.05, 0) is 12.1 Å². The number of ether oxygens (including phenoxy) is 2. The van der Waals surface area contributed by atoms with Crippen molar-refractivity contribution in [1.29, 1.82) is 0 Å². The largest absolute Gasteiger partial charge is 0.465 e. The van der Waals surface area contributed by atoms with Crippen LogP contribution in [0.2, 0.25) is 0 Å². The molecule has 0 fully saturated rings. The quantitative estimate of drug-likeness (QED) is 0.454. The molecule has 3 N–H and O–H groups in total. The monoisotopic (exact) mass is 327 g/mol. The van der Waals surface area contributed by atoms with E-state index in [0.29, 0.717) is 5.69 Å². The third kappa shape index (κ3) is 6.23. The summed E-state index contributed by atoms with van der Waals surface area (Å²) in [5.41, 5.74) is 0.466. The maximum Gasteiger partial charge on any atom is 0.411 e. The number of anilines is 1. The van der Waals surface area contributed by atoms with Gasteiger partial charge >= 0.3 is 12.1 Å². The molecule has 0 bridgehead atoms. The van der Waals surface area contributed by atoms with E-state index in [2.05, 4.69) is 0 Å². The first-order chi connectivity index (χ1) is 11.0. The number of hydrogen-bond acceptors (Lipinski definition) is 6. The molecule has 1 amide bonds. The van der Waals surface area contributed by atoms with Crippen LogP contribution in [0.15, 0.2) is 30.3 Å². The number of esters is 1. The molecule has 0 saturated carbocycles. The van der Waals surface area contributed by atoms with E-state index < -0.39 is 31.1 Å². The minimum Gasteiger partial charge on any atom is -0.465 e. The van der Waals surface area contributed by atoms with Crippen molar-refractivity contribution in [3.8, 4) is 0 Å². The van der Waals surface area contributed by atoms with Crippen LogP contribution < -0.4 is 4.90 Å². The number of amides is 1.